The minimum absolute atomic E-state index is 0.104. The first-order chi connectivity index (χ1) is 12.4. The van der Waals surface area contributed by atoms with Gasteiger partial charge in [-0.05, 0) is 35.7 Å². The Morgan fingerprint density at radius 1 is 1.31 bits per heavy atom. The molecule has 0 saturated heterocycles. The molecule has 1 aliphatic heterocycles. The predicted octanol–water partition coefficient (Wildman–Crippen LogP) is 4.25. The van der Waals surface area contributed by atoms with Crippen molar-refractivity contribution in [2.75, 3.05) is 4.90 Å². The number of hydrogen-bond acceptors (Lipinski definition) is 4. The van der Waals surface area contributed by atoms with Gasteiger partial charge in [0, 0.05) is 29.5 Å². The van der Waals surface area contributed by atoms with E-state index in [-0.39, 0.29) is 23.7 Å². The first-order valence-corrected chi connectivity index (χ1v) is 8.73. The van der Waals surface area contributed by atoms with Crippen LogP contribution in [0.4, 0.5) is 5.69 Å². The molecule has 1 aliphatic rings. The lowest BCUT2D eigenvalue weighted by atomic mass is 9.93. The molecule has 0 saturated carbocycles. The van der Waals surface area contributed by atoms with Crippen molar-refractivity contribution in [3.8, 4) is 0 Å². The molecule has 2 heterocycles. The van der Waals surface area contributed by atoms with Crippen LogP contribution in [-0.4, -0.2) is 21.8 Å². The van der Waals surface area contributed by atoms with Gasteiger partial charge < -0.3 is 5.11 Å². The predicted molar refractivity (Wildman–Crippen MR) is 100 cm³/mol. The van der Waals surface area contributed by atoms with E-state index in [1.54, 1.807) is 48.8 Å². The number of aliphatic hydroxyl groups is 1. The summed E-state index contributed by atoms with van der Waals surface area (Å²) >= 11 is 6.08. The molecule has 0 aliphatic carbocycles. The number of pyridine rings is 1. The van der Waals surface area contributed by atoms with Gasteiger partial charge in [-0.1, -0.05) is 37.6 Å². The summed E-state index contributed by atoms with van der Waals surface area (Å²) < 4.78 is 0. The average Bonchev–Trinajstić information content (AvgIpc) is 2.87. The summed E-state index contributed by atoms with van der Waals surface area (Å²) in [6.07, 6.45) is 3.45. The van der Waals surface area contributed by atoms with E-state index in [4.69, 9.17) is 11.6 Å². The molecule has 1 aromatic heterocycles. The highest BCUT2D eigenvalue weighted by Crippen LogP contribution is 2.41. The summed E-state index contributed by atoms with van der Waals surface area (Å²) in [4.78, 5) is 31.1. The smallest absolute Gasteiger partial charge is 0.294 e. The van der Waals surface area contributed by atoms with E-state index < -0.39 is 17.7 Å². The lowest BCUT2D eigenvalue weighted by Crippen LogP contribution is -2.31. The lowest BCUT2D eigenvalue weighted by Gasteiger charge is -2.27. The van der Waals surface area contributed by atoms with Gasteiger partial charge in [-0.25, -0.2) is 0 Å². The van der Waals surface area contributed by atoms with Crippen molar-refractivity contribution in [2.24, 2.45) is 5.92 Å². The Labute approximate surface area is 156 Å². The molecule has 5 nitrogen and oxygen atoms in total. The second kappa shape index (κ2) is 7.30. The molecule has 1 N–H and O–H groups in total. The summed E-state index contributed by atoms with van der Waals surface area (Å²) in [5, 5.41) is 10.9. The maximum absolute atomic E-state index is 12.8. The van der Waals surface area contributed by atoms with Crippen molar-refractivity contribution < 1.29 is 14.7 Å². The first-order valence-electron chi connectivity index (χ1n) is 8.35. The van der Waals surface area contributed by atoms with Gasteiger partial charge in [0.2, 0.25) is 0 Å². The fourth-order valence-corrected chi connectivity index (χ4v) is 3.30. The van der Waals surface area contributed by atoms with E-state index in [1.165, 1.54) is 4.90 Å². The molecule has 1 unspecified atom stereocenters. The number of aliphatic hydroxyl groups excluding tert-OH is 1. The summed E-state index contributed by atoms with van der Waals surface area (Å²) in [5.74, 6) is -1.27. The number of nitrogens with zero attached hydrogens (tertiary/aromatic N) is 2. The summed E-state index contributed by atoms with van der Waals surface area (Å²) in [7, 11) is 0. The maximum Gasteiger partial charge on any atom is 0.294 e. The van der Waals surface area contributed by atoms with Crippen molar-refractivity contribution in [2.45, 2.75) is 26.3 Å². The molecule has 3 rings (SSSR count). The van der Waals surface area contributed by atoms with Crippen molar-refractivity contribution in [3.05, 3.63) is 70.7 Å². The minimum Gasteiger partial charge on any atom is -0.503 e. The van der Waals surface area contributed by atoms with Gasteiger partial charge in [-0.15, -0.1) is 0 Å². The summed E-state index contributed by atoms with van der Waals surface area (Å²) in [6.45, 7) is 3.83. The highest BCUT2D eigenvalue weighted by molar-refractivity contribution is 6.31. The number of rotatable bonds is 5. The third-order valence-corrected chi connectivity index (χ3v) is 4.42. The quantitative estimate of drug-likeness (QED) is 0.854. The molecular formula is C20H19ClN2O3. The molecule has 0 radical (unpaired) electrons. The number of carbonyl (C=O) groups is 2. The number of anilines is 1. The fraction of sp³-hybridized carbons (Fsp3) is 0.250. The molecule has 134 valence electrons. The van der Waals surface area contributed by atoms with Crippen LogP contribution in [0.2, 0.25) is 5.02 Å². The van der Waals surface area contributed by atoms with Crippen LogP contribution < -0.4 is 4.90 Å². The number of carbonyl (C=O) groups excluding carboxylic acids is 2. The number of aromatic nitrogens is 1. The van der Waals surface area contributed by atoms with Crippen molar-refractivity contribution in [1.82, 2.24) is 4.98 Å². The van der Waals surface area contributed by atoms with Gasteiger partial charge in [0.25, 0.3) is 5.91 Å². The molecule has 1 amide bonds. The second-order valence-corrected chi connectivity index (χ2v) is 7.06. The Morgan fingerprint density at radius 2 is 2.08 bits per heavy atom. The molecule has 0 bridgehead atoms. The number of ketones is 1. The van der Waals surface area contributed by atoms with Crippen LogP contribution >= 0.6 is 11.6 Å². The van der Waals surface area contributed by atoms with Gasteiger partial charge in [0.05, 0.1) is 11.6 Å². The molecule has 0 spiro atoms. The van der Waals surface area contributed by atoms with E-state index in [1.807, 2.05) is 13.8 Å². The normalized spacial score (nSPS) is 17.3. The zero-order valence-electron chi connectivity index (χ0n) is 14.5. The number of halogens is 1. The molecule has 26 heavy (non-hydrogen) atoms. The zero-order chi connectivity index (χ0) is 18.8. The molecule has 6 heteroatoms. The van der Waals surface area contributed by atoms with Crippen molar-refractivity contribution in [3.63, 3.8) is 0 Å². The highest BCUT2D eigenvalue weighted by atomic mass is 35.5. The third-order valence-electron chi connectivity index (χ3n) is 4.19. The second-order valence-electron chi connectivity index (χ2n) is 6.63. The van der Waals surface area contributed by atoms with Gasteiger partial charge in [0.15, 0.2) is 11.5 Å². The van der Waals surface area contributed by atoms with Crippen LogP contribution in [0.25, 0.3) is 0 Å². The van der Waals surface area contributed by atoms with Crippen molar-refractivity contribution >= 4 is 29.0 Å². The molecule has 1 atom stereocenters. The number of amides is 1. The maximum atomic E-state index is 12.8. The summed E-state index contributed by atoms with van der Waals surface area (Å²) in [5.41, 5.74) is 1.27. The lowest BCUT2D eigenvalue weighted by molar-refractivity contribution is -0.118. The molecule has 0 fully saturated rings. The van der Waals surface area contributed by atoms with Crippen LogP contribution in [0.3, 0.4) is 0 Å². The van der Waals surface area contributed by atoms with Gasteiger partial charge in [-0.2, -0.15) is 0 Å². The highest BCUT2D eigenvalue weighted by Gasteiger charge is 2.44. The standard InChI is InChI=1S/C20H19ClN2O3/c1-12(2)9-16(24)17-18(13-5-4-8-22-11-13)23(20(26)19(17)25)15-7-3-6-14(21)10-15/h3-8,10-12,18,25H,9H2,1-2H3. The van der Waals surface area contributed by atoms with E-state index >= 15 is 0 Å². The fourth-order valence-electron chi connectivity index (χ4n) is 3.12. The van der Waals surface area contributed by atoms with Crippen molar-refractivity contribution in [1.29, 1.82) is 0 Å². The largest absolute Gasteiger partial charge is 0.503 e. The van der Waals surface area contributed by atoms with Crippen LogP contribution in [0.1, 0.15) is 31.9 Å². The number of benzene rings is 1. The van der Waals surface area contributed by atoms with Crippen LogP contribution in [-0.2, 0) is 9.59 Å². The number of hydrogen-bond donors (Lipinski definition) is 1. The van der Waals surface area contributed by atoms with E-state index in [0.717, 1.165) is 0 Å². The Morgan fingerprint density at radius 3 is 2.69 bits per heavy atom. The topological polar surface area (TPSA) is 70.5 Å². The third kappa shape index (κ3) is 3.35. The Bertz CT molecular complexity index is 878. The van der Waals surface area contributed by atoms with Gasteiger partial charge >= 0.3 is 0 Å². The SMILES string of the molecule is CC(C)CC(=O)C1=C(O)C(=O)N(c2cccc(Cl)c2)C1c1cccnc1. The monoisotopic (exact) mass is 370 g/mol. The summed E-state index contributed by atoms with van der Waals surface area (Å²) in [6, 6.07) is 9.54. The minimum atomic E-state index is -0.735. The van der Waals surface area contributed by atoms with Gasteiger partial charge in [0.1, 0.15) is 0 Å². The Hall–Kier alpha value is -2.66. The molecular weight excluding hydrogens is 352 g/mol. The van der Waals surface area contributed by atoms with E-state index in [9.17, 15) is 14.7 Å². The van der Waals surface area contributed by atoms with E-state index in [0.29, 0.717) is 16.3 Å². The molecule has 2 aromatic rings. The number of Topliss-reactive ketones (excluding diaryl/α,β-unsaturated/α-hetero) is 1. The Balaban J connectivity index is 2.14. The van der Waals surface area contributed by atoms with Crippen LogP contribution in [0.15, 0.2) is 60.1 Å². The zero-order valence-corrected chi connectivity index (χ0v) is 15.3. The van der Waals surface area contributed by atoms with E-state index in [2.05, 4.69) is 4.98 Å². The van der Waals surface area contributed by atoms with Crippen LogP contribution in [0.5, 0.6) is 0 Å². The van der Waals surface area contributed by atoms with Crippen LogP contribution in [0, 0.1) is 5.92 Å². The van der Waals surface area contributed by atoms with Gasteiger partial charge in [-0.3, -0.25) is 19.5 Å². The average molecular weight is 371 g/mol. The Kier molecular flexibility index (Phi) is 5.09. The first kappa shape index (κ1) is 18.1. The molecule has 1 aromatic carbocycles.